The van der Waals surface area contributed by atoms with Crippen LogP contribution < -0.4 is 5.32 Å². The third kappa shape index (κ3) is 1.58. The Kier molecular flexibility index (Phi) is 2.68. The molecule has 0 unspecified atom stereocenters. The Bertz CT molecular complexity index is 459. The predicted octanol–water partition coefficient (Wildman–Crippen LogP) is 1.92. The first kappa shape index (κ1) is 11.8. The number of nitrogens with zero attached hydrogens (tertiary/aromatic N) is 2. The van der Waals surface area contributed by atoms with Gasteiger partial charge in [0.15, 0.2) is 0 Å². The van der Waals surface area contributed by atoms with Crippen LogP contribution >= 0.6 is 0 Å². The third-order valence-electron chi connectivity index (χ3n) is 4.48. The predicted molar refractivity (Wildman–Crippen MR) is 69.1 cm³/mol. The summed E-state index contributed by atoms with van der Waals surface area (Å²) in [7, 11) is 0. The highest BCUT2D eigenvalue weighted by Crippen LogP contribution is 2.53. The van der Waals surface area contributed by atoms with Gasteiger partial charge in [-0.2, -0.15) is 5.10 Å². The summed E-state index contributed by atoms with van der Waals surface area (Å²) in [5.41, 5.74) is 1.12. The number of nitrogens with one attached hydrogen (secondary N) is 1. The summed E-state index contributed by atoms with van der Waals surface area (Å²) in [6.07, 6.45) is 5.13. The molecule has 2 heterocycles. The minimum Gasteiger partial charge on any atom is -0.355 e. The lowest BCUT2D eigenvalue weighted by molar-refractivity contribution is -0.132. The van der Waals surface area contributed by atoms with Crippen molar-refractivity contribution >= 4 is 5.91 Å². The van der Waals surface area contributed by atoms with Crippen molar-refractivity contribution in [2.24, 2.45) is 11.3 Å². The van der Waals surface area contributed by atoms with Crippen molar-refractivity contribution < 1.29 is 4.79 Å². The van der Waals surface area contributed by atoms with E-state index in [2.05, 4.69) is 35.0 Å². The first-order valence-electron chi connectivity index (χ1n) is 6.93. The number of hydrogen-bond acceptors (Lipinski definition) is 2. The van der Waals surface area contributed by atoms with Gasteiger partial charge < -0.3 is 5.32 Å². The summed E-state index contributed by atoms with van der Waals surface area (Å²) in [5, 5.41) is 7.48. The molecule has 1 amide bonds. The van der Waals surface area contributed by atoms with Gasteiger partial charge in [0.1, 0.15) is 0 Å². The fourth-order valence-corrected chi connectivity index (χ4v) is 3.38. The van der Waals surface area contributed by atoms with E-state index in [9.17, 15) is 4.79 Å². The van der Waals surface area contributed by atoms with Crippen molar-refractivity contribution in [3.05, 3.63) is 18.0 Å². The molecule has 1 aromatic heterocycles. The van der Waals surface area contributed by atoms with Gasteiger partial charge in [0.2, 0.25) is 5.91 Å². The summed E-state index contributed by atoms with van der Waals surface area (Å²) in [6.45, 7) is 6.11. The van der Waals surface area contributed by atoms with Crippen LogP contribution in [0.15, 0.2) is 12.3 Å². The van der Waals surface area contributed by atoms with Gasteiger partial charge in [-0.1, -0.05) is 20.3 Å². The molecule has 0 radical (unpaired) electrons. The van der Waals surface area contributed by atoms with Crippen molar-refractivity contribution in [1.29, 1.82) is 0 Å². The lowest BCUT2D eigenvalue weighted by Crippen LogP contribution is -2.41. The Balaban J connectivity index is 1.91. The molecule has 2 fully saturated rings. The molecule has 18 heavy (non-hydrogen) atoms. The molecule has 4 nitrogen and oxygen atoms in total. The standard InChI is InChI=1S/C14H21N3O/c1-10(2)9-17-12(4-7-16-17)11-8-15-13(18)14(11)5-3-6-14/h4,7,10-11H,3,5-6,8-9H2,1-2H3,(H,15,18)/t11-/m0/s1. The fraction of sp³-hybridized carbons (Fsp3) is 0.714. The monoisotopic (exact) mass is 247 g/mol. The molecule has 4 heteroatoms. The normalized spacial score (nSPS) is 25.5. The lowest BCUT2D eigenvalue weighted by Gasteiger charge is -2.40. The first-order chi connectivity index (χ1) is 8.63. The fourth-order valence-electron chi connectivity index (χ4n) is 3.38. The van der Waals surface area contributed by atoms with Crippen LogP contribution in [0.5, 0.6) is 0 Å². The summed E-state index contributed by atoms with van der Waals surface area (Å²) < 4.78 is 2.09. The Hall–Kier alpha value is -1.32. The maximum atomic E-state index is 12.1. The number of aromatic nitrogens is 2. The van der Waals surface area contributed by atoms with Crippen molar-refractivity contribution in [1.82, 2.24) is 15.1 Å². The van der Waals surface area contributed by atoms with Crippen LogP contribution in [0.25, 0.3) is 0 Å². The zero-order valence-corrected chi connectivity index (χ0v) is 11.1. The van der Waals surface area contributed by atoms with Gasteiger partial charge in [-0.25, -0.2) is 0 Å². The zero-order valence-electron chi connectivity index (χ0n) is 11.1. The van der Waals surface area contributed by atoms with Crippen molar-refractivity contribution in [3.8, 4) is 0 Å². The topological polar surface area (TPSA) is 46.9 Å². The number of carbonyl (C=O) groups is 1. The van der Waals surface area contributed by atoms with Crippen molar-refractivity contribution in [3.63, 3.8) is 0 Å². The van der Waals surface area contributed by atoms with Crippen molar-refractivity contribution in [2.75, 3.05) is 6.54 Å². The van der Waals surface area contributed by atoms with E-state index in [0.717, 1.165) is 25.9 Å². The van der Waals surface area contributed by atoms with E-state index in [4.69, 9.17) is 0 Å². The van der Waals surface area contributed by atoms with E-state index in [0.29, 0.717) is 11.8 Å². The van der Waals surface area contributed by atoms with Gasteiger partial charge in [-0.05, 0) is 24.8 Å². The largest absolute Gasteiger partial charge is 0.355 e. The van der Waals surface area contributed by atoms with Crippen molar-refractivity contribution in [2.45, 2.75) is 45.6 Å². The number of hydrogen-bond donors (Lipinski definition) is 1. The molecule has 2 aliphatic rings. The molecule has 1 aromatic rings. The maximum absolute atomic E-state index is 12.1. The van der Waals surface area contributed by atoms with Crippen LogP contribution in [0.1, 0.15) is 44.7 Å². The van der Waals surface area contributed by atoms with E-state index >= 15 is 0 Å². The number of carbonyl (C=O) groups excluding carboxylic acids is 1. The second-order valence-corrected chi connectivity index (χ2v) is 6.10. The molecule has 1 aliphatic carbocycles. The molecule has 1 N–H and O–H groups in total. The van der Waals surface area contributed by atoms with Gasteiger partial charge in [-0.3, -0.25) is 9.48 Å². The molecule has 1 spiro atoms. The van der Waals surface area contributed by atoms with Crippen LogP contribution in [-0.2, 0) is 11.3 Å². The highest BCUT2D eigenvalue weighted by molar-refractivity contribution is 5.87. The second-order valence-electron chi connectivity index (χ2n) is 6.10. The molecule has 0 aromatic carbocycles. The summed E-state index contributed by atoms with van der Waals surface area (Å²) in [4.78, 5) is 12.1. The highest BCUT2D eigenvalue weighted by atomic mass is 16.2. The van der Waals surface area contributed by atoms with Crippen LogP contribution in [0.3, 0.4) is 0 Å². The Morgan fingerprint density at radius 1 is 1.56 bits per heavy atom. The molecular weight excluding hydrogens is 226 g/mol. The molecule has 98 valence electrons. The lowest BCUT2D eigenvalue weighted by atomic mass is 9.61. The Labute approximate surface area is 108 Å². The van der Waals surface area contributed by atoms with Crippen LogP contribution in [-0.4, -0.2) is 22.2 Å². The summed E-state index contributed by atoms with van der Waals surface area (Å²) in [6, 6.07) is 2.09. The number of amides is 1. The van der Waals surface area contributed by atoms with Gasteiger partial charge in [-0.15, -0.1) is 0 Å². The number of rotatable bonds is 3. The molecule has 1 saturated heterocycles. The average Bonchev–Trinajstić information content (AvgIpc) is 2.80. The minimum atomic E-state index is -0.116. The molecule has 0 bridgehead atoms. The van der Waals surface area contributed by atoms with Gasteiger partial charge in [0, 0.05) is 30.9 Å². The highest BCUT2D eigenvalue weighted by Gasteiger charge is 2.55. The van der Waals surface area contributed by atoms with Crippen LogP contribution in [0, 0.1) is 11.3 Å². The maximum Gasteiger partial charge on any atom is 0.226 e. The van der Waals surface area contributed by atoms with Crippen LogP contribution in [0.2, 0.25) is 0 Å². The molecule has 3 rings (SSSR count). The summed E-state index contributed by atoms with van der Waals surface area (Å²) in [5.74, 6) is 1.15. The van der Waals surface area contributed by atoms with Gasteiger partial charge >= 0.3 is 0 Å². The molecule has 1 aliphatic heterocycles. The molecular formula is C14H21N3O. The average molecular weight is 247 g/mol. The van der Waals surface area contributed by atoms with Gasteiger partial charge in [0.25, 0.3) is 0 Å². The summed E-state index contributed by atoms with van der Waals surface area (Å²) >= 11 is 0. The zero-order chi connectivity index (χ0) is 12.8. The second kappa shape index (κ2) is 4.11. The quantitative estimate of drug-likeness (QED) is 0.887. The first-order valence-corrected chi connectivity index (χ1v) is 6.93. The van der Waals surface area contributed by atoms with E-state index in [1.807, 2.05) is 6.20 Å². The van der Waals surface area contributed by atoms with E-state index in [-0.39, 0.29) is 11.3 Å². The Morgan fingerprint density at radius 3 is 2.94 bits per heavy atom. The van der Waals surface area contributed by atoms with E-state index < -0.39 is 0 Å². The third-order valence-corrected chi connectivity index (χ3v) is 4.48. The minimum absolute atomic E-state index is 0.116. The van der Waals surface area contributed by atoms with Gasteiger partial charge in [0.05, 0.1) is 5.41 Å². The van der Waals surface area contributed by atoms with Crippen LogP contribution in [0.4, 0.5) is 0 Å². The van der Waals surface area contributed by atoms with E-state index in [1.165, 1.54) is 12.1 Å². The molecule has 1 atom stereocenters. The SMILES string of the molecule is CC(C)Cn1nccc1[C@@H]1CNC(=O)C12CCC2. The molecule has 1 saturated carbocycles. The smallest absolute Gasteiger partial charge is 0.226 e. The Morgan fingerprint density at radius 2 is 2.33 bits per heavy atom. The van der Waals surface area contributed by atoms with E-state index in [1.54, 1.807) is 0 Å².